The number of alkyl halides is 2. The fraction of sp³-hybridized carbons (Fsp3) is 0.250. The van der Waals surface area contributed by atoms with Gasteiger partial charge in [0, 0.05) is 11.3 Å². The van der Waals surface area contributed by atoms with Gasteiger partial charge in [-0.25, -0.2) is 8.78 Å². The number of nitrogen functional groups attached to an aromatic ring is 1. The van der Waals surface area contributed by atoms with Gasteiger partial charge in [-0.1, -0.05) is 6.07 Å². The van der Waals surface area contributed by atoms with Crippen LogP contribution in [-0.4, -0.2) is 0 Å². The van der Waals surface area contributed by atoms with Crippen LogP contribution in [0.3, 0.4) is 0 Å². The van der Waals surface area contributed by atoms with E-state index in [0.717, 1.165) is 0 Å². The van der Waals surface area contributed by atoms with Crippen LogP contribution in [0.1, 0.15) is 17.6 Å². The van der Waals surface area contributed by atoms with E-state index in [4.69, 9.17) is 5.73 Å². The number of aryl methyl sites for hydroxylation is 1. The maximum Gasteiger partial charge on any atom is 0.264 e. The number of halogens is 2. The Hall–Kier alpha value is -1.12. The summed E-state index contributed by atoms with van der Waals surface area (Å²) in [4.78, 5) is 0. The van der Waals surface area contributed by atoms with Gasteiger partial charge in [0.2, 0.25) is 0 Å². The quantitative estimate of drug-likeness (QED) is 0.623. The van der Waals surface area contributed by atoms with Crippen LogP contribution in [0.2, 0.25) is 0 Å². The first-order valence-corrected chi connectivity index (χ1v) is 3.25. The molecule has 0 aliphatic rings. The van der Waals surface area contributed by atoms with E-state index in [9.17, 15) is 8.78 Å². The first kappa shape index (κ1) is 7.98. The summed E-state index contributed by atoms with van der Waals surface area (Å²) >= 11 is 0. The van der Waals surface area contributed by atoms with Crippen LogP contribution >= 0.6 is 0 Å². The Morgan fingerprint density at radius 2 is 2.00 bits per heavy atom. The Labute approximate surface area is 63.8 Å². The highest BCUT2D eigenvalue weighted by atomic mass is 19.3. The van der Waals surface area contributed by atoms with Crippen LogP contribution in [0.25, 0.3) is 0 Å². The van der Waals surface area contributed by atoms with Crippen molar-refractivity contribution in [1.82, 2.24) is 0 Å². The molecule has 0 radical (unpaired) electrons. The molecule has 0 spiro atoms. The molecule has 0 atom stereocenters. The molecular formula is C8H9F2N. The monoisotopic (exact) mass is 157 g/mol. The lowest BCUT2D eigenvalue weighted by Gasteiger charge is -2.04. The molecule has 1 aromatic rings. The highest BCUT2D eigenvalue weighted by molar-refractivity contribution is 5.44. The minimum absolute atomic E-state index is 0.0185. The first-order valence-electron chi connectivity index (χ1n) is 3.25. The highest BCUT2D eigenvalue weighted by Gasteiger charge is 2.09. The molecule has 0 bridgehead atoms. The summed E-state index contributed by atoms with van der Waals surface area (Å²) in [6.07, 6.45) is -2.43. The zero-order chi connectivity index (χ0) is 8.43. The molecule has 0 unspecified atom stereocenters. The van der Waals surface area contributed by atoms with Gasteiger partial charge in [-0.2, -0.15) is 0 Å². The molecule has 11 heavy (non-hydrogen) atoms. The predicted octanol–water partition coefficient (Wildman–Crippen LogP) is 2.51. The molecule has 0 saturated carbocycles. The zero-order valence-electron chi connectivity index (χ0n) is 6.14. The number of rotatable bonds is 1. The minimum atomic E-state index is -2.43. The average molecular weight is 157 g/mol. The van der Waals surface area contributed by atoms with Crippen LogP contribution < -0.4 is 5.73 Å². The van der Waals surface area contributed by atoms with Crippen molar-refractivity contribution in [1.29, 1.82) is 0 Å². The standard InChI is InChI=1S/C8H9F2N/c1-5-2-3-6(11)4-7(5)8(9)10/h2-4,8H,11H2,1H3. The number of hydrogen-bond donors (Lipinski definition) is 1. The van der Waals surface area contributed by atoms with Gasteiger partial charge in [-0.05, 0) is 24.6 Å². The Kier molecular flexibility index (Phi) is 2.08. The molecule has 0 aliphatic heterocycles. The maximum absolute atomic E-state index is 12.2. The van der Waals surface area contributed by atoms with Gasteiger partial charge in [-0.15, -0.1) is 0 Å². The van der Waals surface area contributed by atoms with Gasteiger partial charge < -0.3 is 5.73 Å². The number of anilines is 1. The van der Waals surface area contributed by atoms with E-state index in [1.54, 1.807) is 19.1 Å². The van der Waals surface area contributed by atoms with Gasteiger partial charge in [-0.3, -0.25) is 0 Å². The van der Waals surface area contributed by atoms with Crippen molar-refractivity contribution in [3.8, 4) is 0 Å². The van der Waals surface area contributed by atoms with E-state index in [-0.39, 0.29) is 5.56 Å². The summed E-state index contributed by atoms with van der Waals surface area (Å²) in [7, 11) is 0. The Balaban J connectivity index is 3.13. The van der Waals surface area contributed by atoms with Gasteiger partial charge in [0.15, 0.2) is 0 Å². The van der Waals surface area contributed by atoms with Gasteiger partial charge in [0.05, 0.1) is 0 Å². The first-order chi connectivity index (χ1) is 5.11. The van der Waals surface area contributed by atoms with Gasteiger partial charge in [0.1, 0.15) is 0 Å². The third-order valence-corrected chi connectivity index (χ3v) is 1.54. The molecule has 1 aromatic carbocycles. The van der Waals surface area contributed by atoms with Crippen molar-refractivity contribution < 1.29 is 8.78 Å². The molecule has 0 aliphatic carbocycles. The number of hydrogen-bond acceptors (Lipinski definition) is 1. The van der Waals surface area contributed by atoms with Crippen LogP contribution in [0, 0.1) is 6.92 Å². The molecule has 0 saturated heterocycles. The summed E-state index contributed by atoms with van der Waals surface area (Å²) in [5.74, 6) is 0. The summed E-state index contributed by atoms with van der Waals surface area (Å²) in [5.41, 5.74) is 6.31. The van der Waals surface area contributed by atoms with Gasteiger partial charge in [0.25, 0.3) is 6.43 Å². The van der Waals surface area contributed by atoms with Crippen molar-refractivity contribution in [2.24, 2.45) is 0 Å². The van der Waals surface area contributed by atoms with Crippen LogP contribution in [0.5, 0.6) is 0 Å². The van der Waals surface area contributed by atoms with Crippen LogP contribution in [-0.2, 0) is 0 Å². The maximum atomic E-state index is 12.2. The molecule has 0 heterocycles. The molecule has 3 heteroatoms. The summed E-state index contributed by atoms with van der Waals surface area (Å²) in [6.45, 7) is 1.64. The van der Waals surface area contributed by atoms with Crippen LogP contribution in [0.15, 0.2) is 18.2 Å². The molecular weight excluding hydrogens is 148 g/mol. The van der Waals surface area contributed by atoms with Crippen molar-refractivity contribution in [2.75, 3.05) is 5.73 Å². The van der Waals surface area contributed by atoms with Crippen molar-refractivity contribution in [3.05, 3.63) is 29.3 Å². The van der Waals surface area contributed by atoms with E-state index in [1.807, 2.05) is 0 Å². The number of benzene rings is 1. The normalized spacial score (nSPS) is 10.5. The van der Waals surface area contributed by atoms with E-state index < -0.39 is 6.43 Å². The molecule has 0 aromatic heterocycles. The fourth-order valence-corrected chi connectivity index (χ4v) is 0.894. The fourth-order valence-electron chi connectivity index (χ4n) is 0.894. The molecule has 0 amide bonds. The molecule has 2 N–H and O–H groups in total. The third-order valence-electron chi connectivity index (χ3n) is 1.54. The average Bonchev–Trinajstić information content (AvgIpc) is 1.94. The van der Waals surface area contributed by atoms with E-state index >= 15 is 0 Å². The number of nitrogens with two attached hydrogens (primary N) is 1. The Morgan fingerprint density at radius 1 is 1.36 bits per heavy atom. The molecule has 0 fully saturated rings. The van der Waals surface area contributed by atoms with Crippen molar-refractivity contribution >= 4 is 5.69 Å². The molecule has 1 rings (SSSR count). The third kappa shape index (κ3) is 1.67. The summed E-state index contributed by atoms with van der Waals surface area (Å²) in [5, 5.41) is 0. The van der Waals surface area contributed by atoms with Crippen molar-refractivity contribution in [3.63, 3.8) is 0 Å². The topological polar surface area (TPSA) is 26.0 Å². The minimum Gasteiger partial charge on any atom is -0.399 e. The van der Waals surface area contributed by atoms with E-state index in [1.165, 1.54) is 6.07 Å². The van der Waals surface area contributed by atoms with Gasteiger partial charge >= 0.3 is 0 Å². The largest absolute Gasteiger partial charge is 0.399 e. The lowest BCUT2D eigenvalue weighted by atomic mass is 10.1. The molecule has 60 valence electrons. The summed E-state index contributed by atoms with van der Waals surface area (Å²) in [6, 6.07) is 4.51. The lowest BCUT2D eigenvalue weighted by molar-refractivity contribution is 0.150. The smallest absolute Gasteiger partial charge is 0.264 e. The lowest BCUT2D eigenvalue weighted by Crippen LogP contribution is -1.92. The SMILES string of the molecule is Cc1ccc(N)cc1C(F)F. The van der Waals surface area contributed by atoms with Crippen molar-refractivity contribution in [2.45, 2.75) is 13.3 Å². The highest BCUT2D eigenvalue weighted by Crippen LogP contribution is 2.24. The van der Waals surface area contributed by atoms with Crippen LogP contribution in [0.4, 0.5) is 14.5 Å². The second-order valence-electron chi connectivity index (χ2n) is 2.42. The Bertz CT molecular complexity index is 258. The zero-order valence-corrected chi connectivity index (χ0v) is 6.14. The van der Waals surface area contributed by atoms with E-state index in [2.05, 4.69) is 0 Å². The predicted molar refractivity (Wildman–Crippen MR) is 40.5 cm³/mol. The van der Waals surface area contributed by atoms with E-state index in [0.29, 0.717) is 11.3 Å². The Morgan fingerprint density at radius 3 is 2.45 bits per heavy atom. The molecule has 1 nitrogen and oxygen atoms in total. The second-order valence-corrected chi connectivity index (χ2v) is 2.42. The summed E-state index contributed by atoms with van der Waals surface area (Å²) < 4.78 is 24.3. The second kappa shape index (κ2) is 2.86.